The second-order valence-corrected chi connectivity index (χ2v) is 7.24. The standard InChI is InChI=1S/C23H17ClF2O3.C2H6.CH5N/c1-12-18-17(29-23(12)13-6-4-3-5-7-13)10-15(25)21(24)20(18)19-14(11-27)8-9-16(28-2)22(19)26;2*1-2/h3-12,23H,1-2H3;1-2H3;2H2,1H3/t12-,23?;;/m0../s1. The van der Waals surface area contributed by atoms with Crippen LogP contribution in [0.2, 0.25) is 5.02 Å². The molecule has 176 valence electrons. The van der Waals surface area contributed by atoms with E-state index >= 15 is 4.39 Å². The van der Waals surface area contributed by atoms with Gasteiger partial charge in [-0.1, -0.05) is 62.7 Å². The van der Waals surface area contributed by atoms with Crippen LogP contribution in [0.25, 0.3) is 11.1 Å². The number of hydrogen-bond donors (Lipinski definition) is 1. The highest BCUT2D eigenvalue weighted by Gasteiger charge is 2.38. The maximum Gasteiger partial charge on any atom is 0.173 e. The number of carbonyl (C=O) groups is 1. The second kappa shape index (κ2) is 11.8. The van der Waals surface area contributed by atoms with Gasteiger partial charge >= 0.3 is 0 Å². The van der Waals surface area contributed by atoms with Crippen molar-refractivity contribution >= 4 is 17.9 Å². The molecule has 0 saturated heterocycles. The number of rotatable bonds is 4. The first kappa shape index (κ1) is 26.3. The molecule has 7 heteroatoms. The highest BCUT2D eigenvalue weighted by molar-refractivity contribution is 6.34. The van der Waals surface area contributed by atoms with Crippen LogP contribution in [0, 0.1) is 11.6 Å². The molecule has 0 radical (unpaired) electrons. The first-order valence-electron chi connectivity index (χ1n) is 10.6. The Bertz CT molecular complexity index is 1110. The zero-order valence-corrected chi connectivity index (χ0v) is 20.0. The Morgan fingerprint density at radius 3 is 2.27 bits per heavy atom. The second-order valence-electron chi connectivity index (χ2n) is 6.86. The number of ether oxygens (including phenoxy) is 2. The topological polar surface area (TPSA) is 61.5 Å². The van der Waals surface area contributed by atoms with Gasteiger partial charge in [-0.3, -0.25) is 4.79 Å². The van der Waals surface area contributed by atoms with E-state index in [4.69, 9.17) is 21.1 Å². The van der Waals surface area contributed by atoms with Crippen molar-refractivity contribution in [3.05, 3.63) is 81.9 Å². The number of hydrogen-bond acceptors (Lipinski definition) is 4. The van der Waals surface area contributed by atoms with E-state index in [2.05, 4.69) is 5.73 Å². The summed E-state index contributed by atoms with van der Waals surface area (Å²) in [6.45, 7) is 5.90. The summed E-state index contributed by atoms with van der Waals surface area (Å²) in [4.78, 5) is 11.6. The number of halogens is 3. The molecule has 0 aliphatic carbocycles. The summed E-state index contributed by atoms with van der Waals surface area (Å²) in [6, 6.07) is 13.5. The van der Waals surface area contributed by atoms with Gasteiger partial charge in [0.2, 0.25) is 0 Å². The van der Waals surface area contributed by atoms with Crippen LogP contribution in [0.1, 0.15) is 54.3 Å². The fourth-order valence-electron chi connectivity index (χ4n) is 3.88. The summed E-state index contributed by atoms with van der Waals surface area (Å²) in [7, 11) is 2.82. The largest absolute Gasteiger partial charge is 0.494 e. The Balaban J connectivity index is 0.000000914. The molecule has 0 saturated carbocycles. The number of nitrogens with two attached hydrogens (primary N) is 1. The number of methoxy groups -OCH3 is 1. The van der Waals surface area contributed by atoms with Crippen molar-refractivity contribution in [1.82, 2.24) is 0 Å². The lowest BCUT2D eigenvalue weighted by molar-refractivity contribution is 0.112. The molecule has 4 nitrogen and oxygen atoms in total. The van der Waals surface area contributed by atoms with E-state index in [1.807, 2.05) is 51.1 Å². The quantitative estimate of drug-likeness (QED) is 0.415. The SMILES string of the molecule is CC.CN.COc1ccc(C=O)c(-c2c(Cl)c(F)cc3c2[C@H](C)C(c2ccccc2)O3)c1F. The average Bonchev–Trinajstić information content (AvgIpc) is 3.19. The summed E-state index contributed by atoms with van der Waals surface area (Å²) in [6.07, 6.45) is 0.122. The van der Waals surface area contributed by atoms with Gasteiger partial charge in [0, 0.05) is 34.2 Å². The average molecular weight is 476 g/mol. The number of benzene rings is 3. The molecule has 3 aromatic rings. The molecular formula is C26H28ClF2NO3. The van der Waals surface area contributed by atoms with Gasteiger partial charge in [-0.15, -0.1) is 0 Å². The van der Waals surface area contributed by atoms with E-state index in [9.17, 15) is 9.18 Å². The van der Waals surface area contributed by atoms with Crippen LogP contribution in [0.5, 0.6) is 11.5 Å². The molecule has 0 fully saturated rings. The van der Waals surface area contributed by atoms with Crippen LogP contribution in [0.4, 0.5) is 8.78 Å². The van der Waals surface area contributed by atoms with Crippen LogP contribution in [-0.4, -0.2) is 20.4 Å². The normalized spacial score (nSPS) is 15.8. The molecule has 4 rings (SSSR count). The molecule has 33 heavy (non-hydrogen) atoms. The minimum atomic E-state index is -0.776. The van der Waals surface area contributed by atoms with Crippen molar-refractivity contribution in [3.63, 3.8) is 0 Å². The molecule has 1 heterocycles. The van der Waals surface area contributed by atoms with Crippen molar-refractivity contribution in [1.29, 1.82) is 0 Å². The lowest BCUT2D eigenvalue weighted by atomic mass is 9.85. The molecular weight excluding hydrogens is 448 g/mol. The Hall–Kier alpha value is -2.96. The molecule has 0 spiro atoms. The molecule has 0 amide bonds. The summed E-state index contributed by atoms with van der Waals surface area (Å²) < 4.78 is 41.0. The molecule has 1 aliphatic rings. The van der Waals surface area contributed by atoms with Crippen molar-refractivity contribution < 1.29 is 23.0 Å². The molecule has 3 aromatic carbocycles. The van der Waals surface area contributed by atoms with Gasteiger partial charge in [-0.2, -0.15) is 0 Å². The predicted octanol–water partition coefficient (Wildman–Crippen LogP) is 6.94. The monoisotopic (exact) mass is 475 g/mol. The van der Waals surface area contributed by atoms with Gasteiger partial charge in [-0.05, 0) is 24.7 Å². The summed E-state index contributed by atoms with van der Waals surface area (Å²) >= 11 is 6.31. The third-order valence-corrected chi connectivity index (χ3v) is 5.62. The highest BCUT2D eigenvalue weighted by Crippen LogP contribution is 2.53. The van der Waals surface area contributed by atoms with Gasteiger partial charge in [0.25, 0.3) is 0 Å². The van der Waals surface area contributed by atoms with E-state index in [-0.39, 0.29) is 39.1 Å². The van der Waals surface area contributed by atoms with Crippen LogP contribution >= 0.6 is 11.6 Å². The molecule has 2 N–H and O–H groups in total. The zero-order valence-electron chi connectivity index (χ0n) is 19.3. The Kier molecular flexibility index (Phi) is 9.38. The van der Waals surface area contributed by atoms with Crippen LogP contribution in [0.3, 0.4) is 0 Å². The lowest BCUT2D eigenvalue weighted by Crippen LogP contribution is -2.07. The molecule has 0 aromatic heterocycles. The molecule has 1 aliphatic heterocycles. The van der Waals surface area contributed by atoms with Crippen molar-refractivity contribution in [2.75, 3.05) is 14.2 Å². The van der Waals surface area contributed by atoms with Gasteiger partial charge in [-0.25, -0.2) is 8.78 Å². The third-order valence-electron chi connectivity index (χ3n) is 5.25. The van der Waals surface area contributed by atoms with E-state index in [0.717, 1.165) is 5.56 Å². The lowest BCUT2D eigenvalue weighted by Gasteiger charge is -2.18. The molecule has 2 atom stereocenters. The van der Waals surface area contributed by atoms with Crippen molar-refractivity contribution in [2.45, 2.75) is 32.8 Å². The summed E-state index contributed by atoms with van der Waals surface area (Å²) in [5, 5.41) is -0.261. The Morgan fingerprint density at radius 2 is 1.70 bits per heavy atom. The van der Waals surface area contributed by atoms with Gasteiger partial charge in [0.1, 0.15) is 17.7 Å². The first-order chi connectivity index (χ1) is 16.0. The van der Waals surface area contributed by atoms with Crippen LogP contribution in [-0.2, 0) is 0 Å². The van der Waals surface area contributed by atoms with Gasteiger partial charge < -0.3 is 15.2 Å². The third kappa shape index (κ3) is 4.87. The number of aldehydes is 1. The number of carbonyl (C=O) groups excluding carboxylic acids is 1. The van der Waals surface area contributed by atoms with Gasteiger partial charge in [0.05, 0.1) is 12.1 Å². The number of fused-ring (bicyclic) bond motifs is 1. The van der Waals surface area contributed by atoms with E-state index < -0.39 is 17.7 Å². The van der Waals surface area contributed by atoms with Crippen LogP contribution in [0.15, 0.2) is 48.5 Å². The first-order valence-corrected chi connectivity index (χ1v) is 11.0. The molecule has 1 unspecified atom stereocenters. The van der Waals surface area contributed by atoms with Crippen molar-refractivity contribution in [3.8, 4) is 22.6 Å². The Labute approximate surface area is 198 Å². The summed E-state index contributed by atoms with van der Waals surface area (Å²) in [5.41, 5.74) is 6.03. The van der Waals surface area contributed by atoms with Gasteiger partial charge in [0.15, 0.2) is 17.9 Å². The smallest absolute Gasteiger partial charge is 0.173 e. The maximum absolute atomic E-state index is 15.2. The Morgan fingerprint density at radius 1 is 1.06 bits per heavy atom. The van der Waals surface area contributed by atoms with E-state index in [1.165, 1.54) is 32.4 Å². The maximum atomic E-state index is 15.2. The predicted molar refractivity (Wildman–Crippen MR) is 128 cm³/mol. The van der Waals surface area contributed by atoms with E-state index in [0.29, 0.717) is 11.8 Å². The zero-order chi connectivity index (χ0) is 24.7. The van der Waals surface area contributed by atoms with Crippen LogP contribution < -0.4 is 15.2 Å². The minimum Gasteiger partial charge on any atom is -0.494 e. The fraction of sp³-hybridized carbons (Fsp3) is 0.269. The van der Waals surface area contributed by atoms with Crippen molar-refractivity contribution in [2.24, 2.45) is 5.73 Å². The highest BCUT2D eigenvalue weighted by atomic mass is 35.5. The fourth-order valence-corrected chi connectivity index (χ4v) is 4.13. The minimum absolute atomic E-state index is 0.0494. The molecule has 0 bridgehead atoms. The summed E-state index contributed by atoms with van der Waals surface area (Å²) in [5.74, 6) is -1.57. The van der Waals surface area contributed by atoms with E-state index in [1.54, 1.807) is 0 Å².